The van der Waals surface area contributed by atoms with Crippen molar-refractivity contribution in [1.82, 2.24) is 5.32 Å². The van der Waals surface area contributed by atoms with Crippen molar-refractivity contribution in [1.29, 1.82) is 0 Å². The third-order valence-corrected chi connectivity index (χ3v) is 5.45. The van der Waals surface area contributed by atoms with E-state index in [9.17, 15) is 17.6 Å². The highest BCUT2D eigenvalue weighted by atomic mass is 32.2. The fraction of sp³-hybridized carbons (Fsp3) is 0.350. The van der Waals surface area contributed by atoms with E-state index in [4.69, 9.17) is 4.74 Å². The molecule has 1 amide bonds. The molecule has 1 atom stereocenters. The number of anilines is 1. The topological polar surface area (TPSA) is 75.7 Å². The van der Waals surface area contributed by atoms with Gasteiger partial charge in [0.1, 0.15) is 11.6 Å². The summed E-state index contributed by atoms with van der Waals surface area (Å²) in [4.78, 5) is 12.2. The van der Waals surface area contributed by atoms with Gasteiger partial charge in [0.15, 0.2) is 0 Å². The number of hydrogen-bond acceptors (Lipinski definition) is 4. The van der Waals surface area contributed by atoms with E-state index in [-0.39, 0.29) is 30.7 Å². The minimum Gasteiger partial charge on any atom is -0.497 e. The van der Waals surface area contributed by atoms with Crippen LogP contribution in [0.2, 0.25) is 0 Å². The third kappa shape index (κ3) is 6.23. The Labute approximate surface area is 165 Å². The fourth-order valence-electron chi connectivity index (χ4n) is 2.78. The second-order valence-electron chi connectivity index (χ2n) is 6.48. The Morgan fingerprint density at radius 3 is 2.50 bits per heavy atom. The number of rotatable bonds is 9. The number of amides is 1. The molecular formula is C20H25FN2O4S. The predicted octanol–water partition coefficient (Wildman–Crippen LogP) is 3.26. The molecule has 1 unspecified atom stereocenters. The summed E-state index contributed by atoms with van der Waals surface area (Å²) in [6.07, 6.45) is 1.65. The van der Waals surface area contributed by atoms with E-state index in [0.717, 1.165) is 11.8 Å². The second kappa shape index (κ2) is 9.54. The van der Waals surface area contributed by atoms with Gasteiger partial charge in [-0.15, -0.1) is 0 Å². The van der Waals surface area contributed by atoms with Crippen molar-refractivity contribution in [3.63, 3.8) is 0 Å². The minimum absolute atomic E-state index is 0.168. The van der Waals surface area contributed by atoms with Crippen LogP contribution in [0.5, 0.6) is 5.75 Å². The quantitative estimate of drug-likeness (QED) is 0.691. The molecule has 0 aliphatic rings. The average Bonchev–Trinajstić information content (AvgIpc) is 2.64. The van der Waals surface area contributed by atoms with Gasteiger partial charge in [0, 0.05) is 19.0 Å². The van der Waals surface area contributed by atoms with Gasteiger partial charge >= 0.3 is 0 Å². The van der Waals surface area contributed by atoms with Crippen molar-refractivity contribution >= 4 is 21.6 Å². The van der Waals surface area contributed by atoms with Crippen molar-refractivity contribution in [3.05, 3.63) is 59.9 Å². The number of ether oxygens (including phenoxy) is 1. The minimum atomic E-state index is -3.50. The van der Waals surface area contributed by atoms with Gasteiger partial charge in [-0.25, -0.2) is 12.8 Å². The normalized spacial score (nSPS) is 12.3. The summed E-state index contributed by atoms with van der Waals surface area (Å²) in [5.74, 6) is 0.0219. The Bertz CT molecular complexity index is 901. The van der Waals surface area contributed by atoms with Crippen LogP contribution in [0.25, 0.3) is 0 Å². The molecule has 0 saturated carbocycles. The average molecular weight is 408 g/mol. The summed E-state index contributed by atoms with van der Waals surface area (Å²) < 4.78 is 43.7. The summed E-state index contributed by atoms with van der Waals surface area (Å²) in [5, 5.41) is 2.84. The first-order valence-corrected chi connectivity index (χ1v) is 10.7. The summed E-state index contributed by atoms with van der Waals surface area (Å²) in [5.41, 5.74) is 1.28. The molecule has 2 aromatic rings. The summed E-state index contributed by atoms with van der Waals surface area (Å²) in [7, 11) is -1.99. The molecular weight excluding hydrogens is 383 g/mol. The number of halogens is 1. The number of nitrogens with zero attached hydrogens (tertiary/aromatic N) is 1. The maximum Gasteiger partial charge on any atom is 0.232 e. The zero-order chi connectivity index (χ0) is 20.7. The summed E-state index contributed by atoms with van der Waals surface area (Å²) >= 11 is 0. The first-order chi connectivity index (χ1) is 13.2. The van der Waals surface area contributed by atoms with Crippen LogP contribution >= 0.6 is 0 Å². The Kier molecular flexibility index (Phi) is 7.39. The summed E-state index contributed by atoms with van der Waals surface area (Å²) in [6, 6.07) is 12.4. The van der Waals surface area contributed by atoms with Crippen LogP contribution in [-0.2, 0) is 14.8 Å². The largest absolute Gasteiger partial charge is 0.497 e. The van der Waals surface area contributed by atoms with Crippen molar-refractivity contribution < 1.29 is 22.3 Å². The lowest BCUT2D eigenvalue weighted by Crippen LogP contribution is -2.32. The second-order valence-corrected chi connectivity index (χ2v) is 8.39. The van der Waals surface area contributed by atoms with Crippen molar-refractivity contribution in [2.75, 3.05) is 24.2 Å². The summed E-state index contributed by atoms with van der Waals surface area (Å²) in [6.45, 7) is 1.98. The third-order valence-electron chi connectivity index (χ3n) is 4.25. The molecule has 0 fully saturated rings. The van der Waals surface area contributed by atoms with Crippen molar-refractivity contribution in [3.8, 4) is 5.75 Å². The number of benzene rings is 2. The molecule has 8 heteroatoms. The van der Waals surface area contributed by atoms with Gasteiger partial charge in [0.05, 0.1) is 25.1 Å². The van der Waals surface area contributed by atoms with Gasteiger partial charge in [-0.2, -0.15) is 0 Å². The molecule has 0 bridgehead atoms. The number of carbonyl (C=O) groups is 1. The van der Waals surface area contributed by atoms with Crippen LogP contribution in [0, 0.1) is 5.82 Å². The molecule has 6 nitrogen and oxygen atoms in total. The highest BCUT2D eigenvalue weighted by Crippen LogP contribution is 2.23. The van der Waals surface area contributed by atoms with Crippen LogP contribution < -0.4 is 14.4 Å². The molecule has 0 radical (unpaired) electrons. The Balaban J connectivity index is 1.94. The molecule has 2 aromatic carbocycles. The number of hydrogen-bond donors (Lipinski definition) is 1. The molecule has 0 heterocycles. The van der Waals surface area contributed by atoms with Gasteiger partial charge in [-0.3, -0.25) is 9.10 Å². The van der Waals surface area contributed by atoms with E-state index in [1.165, 1.54) is 23.5 Å². The lowest BCUT2D eigenvalue weighted by atomic mass is 10.1. The SMILES string of the molecule is COc1cccc(N(CCCC(=O)NC(C)c2ccc(F)cc2)S(C)(=O)=O)c1. The van der Waals surface area contributed by atoms with Gasteiger partial charge in [-0.05, 0) is 43.2 Å². The van der Waals surface area contributed by atoms with E-state index in [1.54, 1.807) is 36.4 Å². The van der Waals surface area contributed by atoms with E-state index in [1.807, 2.05) is 6.92 Å². The standard InChI is InChI=1S/C20H25FN2O4S/c1-15(16-9-11-17(21)12-10-16)22-20(24)8-5-13-23(28(3,25)26)18-6-4-7-19(14-18)27-2/h4,6-7,9-12,14-15H,5,8,13H2,1-3H3,(H,22,24). The molecule has 0 aromatic heterocycles. The number of carbonyl (C=O) groups excluding carboxylic acids is 1. The lowest BCUT2D eigenvalue weighted by molar-refractivity contribution is -0.121. The first-order valence-electron chi connectivity index (χ1n) is 8.87. The Morgan fingerprint density at radius 2 is 1.89 bits per heavy atom. The van der Waals surface area contributed by atoms with Gasteiger partial charge in [0.2, 0.25) is 15.9 Å². The predicted molar refractivity (Wildman–Crippen MR) is 107 cm³/mol. The van der Waals surface area contributed by atoms with Crippen LogP contribution in [0.3, 0.4) is 0 Å². The van der Waals surface area contributed by atoms with E-state index < -0.39 is 10.0 Å². The van der Waals surface area contributed by atoms with Gasteiger partial charge in [-0.1, -0.05) is 18.2 Å². The number of sulfonamides is 1. The number of nitrogens with one attached hydrogen (secondary N) is 1. The Morgan fingerprint density at radius 1 is 1.21 bits per heavy atom. The molecule has 0 aliphatic heterocycles. The van der Waals surface area contributed by atoms with Gasteiger partial charge in [0.25, 0.3) is 0 Å². The molecule has 28 heavy (non-hydrogen) atoms. The number of methoxy groups -OCH3 is 1. The van der Waals surface area contributed by atoms with Crippen LogP contribution in [0.1, 0.15) is 31.4 Å². The zero-order valence-corrected chi connectivity index (χ0v) is 17.0. The van der Waals surface area contributed by atoms with Crippen LogP contribution in [0.15, 0.2) is 48.5 Å². The molecule has 0 saturated heterocycles. The van der Waals surface area contributed by atoms with Crippen LogP contribution in [0.4, 0.5) is 10.1 Å². The smallest absolute Gasteiger partial charge is 0.232 e. The van der Waals surface area contributed by atoms with Crippen molar-refractivity contribution in [2.24, 2.45) is 0 Å². The zero-order valence-electron chi connectivity index (χ0n) is 16.2. The Hall–Kier alpha value is -2.61. The maximum absolute atomic E-state index is 13.0. The molecule has 0 aliphatic carbocycles. The monoisotopic (exact) mass is 408 g/mol. The van der Waals surface area contributed by atoms with E-state index >= 15 is 0 Å². The van der Waals surface area contributed by atoms with E-state index in [0.29, 0.717) is 17.9 Å². The van der Waals surface area contributed by atoms with Crippen LogP contribution in [-0.4, -0.2) is 34.2 Å². The van der Waals surface area contributed by atoms with Gasteiger partial charge < -0.3 is 10.1 Å². The molecule has 1 N–H and O–H groups in total. The maximum atomic E-state index is 13.0. The van der Waals surface area contributed by atoms with Crippen molar-refractivity contribution in [2.45, 2.75) is 25.8 Å². The molecule has 0 spiro atoms. The fourth-order valence-corrected chi connectivity index (χ4v) is 3.74. The highest BCUT2D eigenvalue weighted by molar-refractivity contribution is 7.92. The lowest BCUT2D eigenvalue weighted by Gasteiger charge is -2.23. The first kappa shape index (κ1) is 21.7. The van der Waals surface area contributed by atoms with E-state index in [2.05, 4.69) is 5.32 Å². The molecule has 2 rings (SSSR count). The molecule has 152 valence electrons. The highest BCUT2D eigenvalue weighted by Gasteiger charge is 2.18.